The molecule has 1 aromatic heterocycles. The zero-order valence-corrected chi connectivity index (χ0v) is 13.9. The molecule has 0 bridgehead atoms. The number of carbonyl (C=O) groups excluding carboxylic acids is 2. The van der Waals surface area contributed by atoms with Gasteiger partial charge in [0.2, 0.25) is 11.8 Å². The van der Waals surface area contributed by atoms with Crippen molar-refractivity contribution in [3.63, 3.8) is 0 Å². The minimum Gasteiger partial charge on any atom is -0.480 e. The molecule has 0 aliphatic carbocycles. The first-order chi connectivity index (χ1) is 10.9. The number of carbonyl (C=O) groups is 3. The van der Waals surface area contributed by atoms with Crippen LogP contribution in [0.4, 0.5) is 0 Å². The number of hydrogen-bond donors (Lipinski definition) is 2. The Bertz CT molecular complexity index is 654. The predicted molar refractivity (Wildman–Crippen MR) is 85.0 cm³/mol. The second kappa shape index (κ2) is 5.96. The largest absolute Gasteiger partial charge is 0.480 e. The van der Waals surface area contributed by atoms with Gasteiger partial charge in [-0.1, -0.05) is 13.8 Å². The van der Waals surface area contributed by atoms with Gasteiger partial charge in [-0.2, -0.15) is 0 Å². The minimum absolute atomic E-state index is 0.0226. The average Bonchev–Trinajstić information content (AvgIpc) is 3.09. The summed E-state index contributed by atoms with van der Waals surface area (Å²) in [7, 11) is 0. The van der Waals surface area contributed by atoms with Crippen molar-refractivity contribution in [3.8, 4) is 0 Å². The van der Waals surface area contributed by atoms with E-state index >= 15 is 0 Å². The van der Waals surface area contributed by atoms with Crippen LogP contribution in [0, 0.1) is 5.92 Å². The smallest absolute Gasteiger partial charge is 0.326 e. The number of hydrogen-bond acceptors (Lipinski definition) is 4. The van der Waals surface area contributed by atoms with E-state index in [-0.39, 0.29) is 23.8 Å². The Morgan fingerprint density at radius 1 is 1.43 bits per heavy atom. The molecule has 0 radical (unpaired) electrons. The lowest BCUT2D eigenvalue weighted by Gasteiger charge is -2.37. The van der Waals surface area contributed by atoms with Gasteiger partial charge in [-0.25, -0.2) is 4.79 Å². The van der Waals surface area contributed by atoms with Crippen molar-refractivity contribution in [2.24, 2.45) is 5.92 Å². The molecule has 2 amide bonds. The predicted octanol–water partition coefficient (Wildman–Crippen LogP) is 1.56. The quantitative estimate of drug-likeness (QED) is 0.874. The number of carboxylic acids is 1. The van der Waals surface area contributed by atoms with Gasteiger partial charge < -0.3 is 15.3 Å². The highest BCUT2D eigenvalue weighted by Gasteiger charge is 2.45. The Kier molecular flexibility index (Phi) is 4.14. The van der Waals surface area contributed by atoms with Crippen molar-refractivity contribution in [2.45, 2.75) is 51.2 Å². The maximum absolute atomic E-state index is 12.7. The lowest BCUT2D eigenvalue weighted by Crippen LogP contribution is -2.55. The number of thiophene rings is 1. The zero-order chi connectivity index (χ0) is 16.7. The van der Waals surface area contributed by atoms with Crippen molar-refractivity contribution in [1.29, 1.82) is 0 Å². The maximum Gasteiger partial charge on any atom is 0.326 e. The molecule has 2 aliphatic rings. The Morgan fingerprint density at radius 2 is 2.17 bits per heavy atom. The molecule has 3 rings (SSSR count). The number of amides is 2. The lowest BCUT2D eigenvalue weighted by molar-refractivity contribution is -0.145. The van der Waals surface area contributed by atoms with Crippen molar-refractivity contribution in [1.82, 2.24) is 10.2 Å². The molecule has 0 spiro atoms. The highest BCUT2D eigenvalue weighted by atomic mass is 32.1. The first-order valence-corrected chi connectivity index (χ1v) is 8.68. The van der Waals surface area contributed by atoms with Gasteiger partial charge in [-0.3, -0.25) is 9.59 Å². The van der Waals surface area contributed by atoms with Crippen LogP contribution >= 0.6 is 11.3 Å². The van der Waals surface area contributed by atoms with E-state index in [1.807, 2.05) is 11.4 Å². The van der Waals surface area contributed by atoms with Gasteiger partial charge in [0.1, 0.15) is 12.1 Å². The minimum atomic E-state index is -1.05. The summed E-state index contributed by atoms with van der Waals surface area (Å²) in [5.41, 5.74) is 1.10. The Morgan fingerprint density at radius 3 is 2.83 bits per heavy atom. The van der Waals surface area contributed by atoms with Crippen LogP contribution in [0.25, 0.3) is 0 Å². The molecule has 1 aromatic rings. The van der Waals surface area contributed by atoms with Gasteiger partial charge in [0.05, 0.1) is 6.04 Å². The number of fused-ring (bicyclic) bond motifs is 3. The Labute approximate surface area is 138 Å². The highest BCUT2D eigenvalue weighted by Crippen LogP contribution is 2.43. The molecule has 23 heavy (non-hydrogen) atoms. The molecule has 124 valence electrons. The van der Waals surface area contributed by atoms with E-state index in [2.05, 4.69) is 5.32 Å². The van der Waals surface area contributed by atoms with E-state index in [4.69, 9.17) is 0 Å². The average molecular weight is 336 g/mol. The molecule has 0 aromatic carbocycles. The van der Waals surface area contributed by atoms with Crippen LogP contribution in [0.2, 0.25) is 0 Å². The van der Waals surface area contributed by atoms with Gasteiger partial charge >= 0.3 is 5.97 Å². The Balaban J connectivity index is 1.85. The lowest BCUT2D eigenvalue weighted by atomic mass is 9.94. The normalized spacial score (nSPS) is 24.3. The fraction of sp³-hybridized carbons (Fsp3) is 0.562. The van der Waals surface area contributed by atoms with Crippen molar-refractivity contribution in [2.75, 3.05) is 0 Å². The second-order valence-electron chi connectivity index (χ2n) is 6.45. The van der Waals surface area contributed by atoms with Crippen LogP contribution in [0.5, 0.6) is 0 Å². The van der Waals surface area contributed by atoms with Gasteiger partial charge in [-0.05, 0) is 29.3 Å². The van der Waals surface area contributed by atoms with Crippen LogP contribution in [0.15, 0.2) is 11.4 Å². The number of nitrogens with one attached hydrogen (secondary N) is 1. The van der Waals surface area contributed by atoms with E-state index in [0.717, 1.165) is 12.0 Å². The summed E-state index contributed by atoms with van der Waals surface area (Å²) in [5, 5.41) is 13.9. The highest BCUT2D eigenvalue weighted by molar-refractivity contribution is 7.10. The SMILES string of the molecule is CC(C)[C@H](NC(=O)[C@@H]1Cc2ccsc2[C@H]2CCC(=O)N21)C(=O)O. The Hall–Kier alpha value is -1.89. The third-order valence-electron chi connectivity index (χ3n) is 4.62. The molecule has 2 N–H and O–H groups in total. The first-order valence-electron chi connectivity index (χ1n) is 7.80. The monoisotopic (exact) mass is 336 g/mol. The summed E-state index contributed by atoms with van der Waals surface area (Å²) in [6.07, 6.45) is 1.62. The molecule has 3 heterocycles. The van der Waals surface area contributed by atoms with E-state index in [9.17, 15) is 19.5 Å². The van der Waals surface area contributed by atoms with Gasteiger partial charge in [0.15, 0.2) is 0 Å². The molecule has 7 heteroatoms. The van der Waals surface area contributed by atoms with Gasteiger partial charge in [0, 0.05) is 17.7 Å². The van der Waals surface area contributed by atoms with E-state index in [1.165, 1.54) is 4.88 Å². The number of rotatable bonds is 4. The molecule has 1 saturated heterocycles. The number of aliphatic carboxylic acids is 1. The van der Waals surface area contributed by atoms with E-state index in [1.54, 1.807) is 30.1 Å². The second-order valence-corrected chi connectivity index (χ2v) is 7.40. The van der Waals surface area contributed by atoms with Crippen molar-refractivity contribution in [3.05, 3.63) is 21.9 Å². The van der Waals surface area contributed by atoms with E-state index in [0.29, 0.717) is 12.8 Å². The van der Waals surface area contributed by atoms with Gasteiger partial charge in [-0.15, -0.1) is 11.3 Å². The molecule has 6 nitrogen and oxygen atoms in total. The topological polar surface area (TPSA) is 86.7 Å². The molecule has 3 atom stereocenters. The summed E-state index contributed by atoms with van der Waals surface area (Å²) in [5.74, 6) is -1.67. The molecule has 2 aliphatic heterocycles. The summed E-state index contributed by atoms with van der Waals surface area (Å²) in [4.78, 5) is 39.1. The van der Waals surface area contributed by atoms with Crippen molar-refractivity contribution < 1.29 is 19.5 Å². The third-order valence-corrected chi connectivity index (χ3v) is 5.68. The molecule has 0 unspecified atom stereocenters. The summed E-state index contributed by atoms with van der Waals surface area (Å²) in [6, 6.07) is 0.405. The third kappa shape index (κ3) is 2.73. The fourth-order valence-corrected chi connectivity index (χ4v) is 4.52. The van der Waals surface area contributed by atoms with Crippen LogP contribution < -0.4 is 5.32 Å². The molecular formula is C16H20N2O4S. The molecule has 0 saturated carbocycles. The van der Waals surface area contributed by atoms with Gasteiger partial charge in [0.25, 0.3) is 0 Å². The fourth-order valence-electron chi connectivity index (χ4n) is 3.45. The standard InChI is InChI=1S/C16H20N2O4S/c1-8(2)13(16(21)22)17-15(20)11-7-9-5-6-23-14(9)10-3-4-12(19)18(10)11/h5-6,8,10-11,13H,3-4,7H2,1-2H3,(H,17,20)(H,21,22)/t10-,11+,13+/m1/s1. The molecule has 1 fully saturated rings. The summed E-state index contributed by atoms with van der Waals surface area (Å²) in [6.45, 7) is 3.50. The van der Waals surface area contributed by atoms with Crippen LogP contribution in [-0.4, -0.2) is 39.9 Å². The molecular weight excluding hydrogens is 316 g/mol. The van der Waals surface area contributed by atoms with Crippen LogP contribution in [0.1, 0.15) is 43.2 Å². The van der Waals surface area contributed by atoms with E-state index < -0.39 is 18.1 Å². The first kappa shape index (κ1) is 16.0. The maximum atomic E-state index is 12.7. The number of carboxylic acid groups (broad SMARTS) is 1. The van der Waals surface area contributed by atoms with Crippen LogP contribution in [-0.2, 0) is 20.8 Å². The van der Waals surface area contributed by atoms with Crippen molar-refractivity contribution >= 4 is 29.1 Å². The summed E-state index contributed by atoms with van der Waals surface area (Å²) >= 11 is 1.62. The number of nitrogens with zero attached hydrogens (tertiary/aromatic N) is 1. The zero-order valence-electron chi connectivity index (χ0n) is 13.1. The van der Waals surface area contributed by atoms with Crippen LogP contribution in [0.3, 0.4) is 0 Å². The summed E-state index contributed by atoms with van der Waals surface area (Å²) < 4.78 is 0.